The summed E-state index contributed by atoms with van der Waals surface area (Å²) in [6.07, 6.45) is 0.240. The number of nitrogen functional groups attached to an aromatic ring is 1. The Balaban J connectivity index is 1.91. The van der Waals surface area contributed by atoms with E-state index in [9.17, 15) is 9.59 Å². The number of fused-ring (bicyclic) bond motifs is 1. The van der Waals surface area contributed by atoms with Crippen molar-refractivity contribution >= 4 is 17.6 Å². The number of carbonyl (C=O) groups is 2. The van der Waals surface area contributed by atoms with E-state index in [4.69, 9.17) is 5.73 Å². The molecule has 0 atom stereocenters. The molecule has 0 radical (unpaired) electrons. The maximum atomic E-state index is 12.4. The van der Waals surface area contributed by atoms with Gasteiger partial charge in [0.05, 0.1) is 18.7 Å². The van der Waals surface area contributed by atoms with Gasteiger partial charge in [-0.05, 0) is 23.8 Å². The molecule has 0 aliphatic carbocycles. The highest BCUT2D eigenvalue weighted by Gasteiger charge is 2.30. The van der Waals surface area contributed by atoms with Crippen LogP contribution in [0.5, 0.6) is 0 Å². The molecular formula is C15H13N3O2. The van der Waals surface area contributed by atoms with Crippen LogP contribution in [0.4, 0.5) is 5.82 Å². The number of aromatic nitrogens is 1. The van der Waals surface area contributed by atoms with Gasteiger partial charge in [0.1, 0.15) is 5.82 Å². The Bertz CT molecular complexity index is 697. The van der Waals surface area contributed by atoms with E-state index in [1.54, 1.807) is 36.4 Å². The van der Waals surface area contributed by atoms with Crippen LogP contribution in [0, 0.1) is 0 Å². The van der Waals surface area contributed by atoms with Crippen molar-refractivity contribution in [3.05, 3.63) is 59.3 Å². The van der Waals surface area contributed by atoms with Crippen molar-refractivity contribution in [3.8, 4) is 0 Å². The number of nitrogens with zero attached hydrogens (tertiary/aromatic N) is 2. The van der Waals surface area contributed by atoms with Gasteiger partial charge in [-0.25, -0.2) is 4.98 Å². The van der Waals surface area contributed by atoms with Gasteiger partial charge in [-0.1, -0.05) is 24.3 Å². The molecule has 2 aromatic rings. The van der Waals surface area contributed by atoms with E-state index in [0.717, 1.165) is 5.56 Å². The first-order chi connectivity index (χ1) is 9.65. The van der Waals surface area contributed by atoms with E-state index in [0.29, 0.717) is 17.1 Å². The molecule has 0 fully saturated rings. The monoisotopic (exact) mass is 267 g/mol. The summed E-state index contributed by atoms with van der Waals surface area (Å²) in [5.74, 6) is -0.112. The minimum absolute atomic E-state index is 0.150. The van der Waals surface area contributed by atoms with Crippen molar-refractivity contribution < 1.29 is 9.59 Å². The Morgan fingerprint density at radius 1 is 1.10 bits per heavy atom. The quantitative estimate of drug-likeness (QED) is 0.834. The lowest BCUT2D eigenvalue weighted by Gasteiger charge is -2.26. The maximum absolute atomic E-state index is 12.4. The molecule has 20 heavy (non-hydrogen) atoms. The second-order valence-electron chi connectivity index (χ2n) is 4.67. The SMILES string of the molecule is Nc1cccc(CN2C(=O)Cc3ccccc3C2=O)n1. The van der Waals surface area contributed by atoms with E-state index in [1.807, 2.05) is 6.07 Å². The van der Waals surface area contributed by atoms with Gasteiger partial charge in [0.2, 0.25) is 5.91 Å². The second-order valence-corrected chi connectivity index (χ2v) is 4.67. The lowest BCUT2D eigenvalue weighted by Crippen LogP contribution is -2.41. The first kappa shape index (κ1) is 12.3. The molecule has 1 aromatic carbocycles. The number of hydrogen-bond donors (Lipinski definition) is 1. The average molecular weight is 267 g/mol. The van der Waals surface area contributed by atoms with Crippen LogP contribution >= 0.6 is 0 Å². The highest BCUT2D eigenvalue weighted by molar-refractivity contribution is 6.09. The van der Waals surface area contributed by atoms with Crippen molar-refractivity contribution in [1.82, 2.24) is 9.88 Å². The highest BCUT2D eigenvalue weighted by atomic mass is 16.2. The molecule has 2 heterocycles. The number of amides is 2. The molecule has 0 spiro atoms. The Hall–Kier alpha value is -2.69. The summed E-state index contributed by atoms with van der Waals surface area (Å²) in [4.78, 5) is 29.8. The van der Waals surface area contributed by atoms with E-state index >= 15 is 0 Å². The van der Waals surface area contributed by atoms with Crippen LogP contribution in [-0.2, 0) is 17.8 Å². The van der Waals surface area contributed by atoms with Crippen LogP contribution in [0.3, 0.4) is 0 Å². The molecule has 100 valence electrons. The van der Waals surface area contributed by atoms with Crippen molar-refractivity contribution in [2.75, 3.05) is 5.73 Å². The molecule has 0 saturated carbocycles. The van der Waals surface area contributed by atoms with Gasteiger partial charge >= 0.3 is 0 Å². The molecule has 3 rings (SSSR count). The summed E-state index contributed by atoms with van der Waals surface area (Å²) >= 11 is 0. The Kier molecular flexibility index (Phi) is 2.95. The van der Waals surface area contributed by atoms with Crippen molar-refractivity contribution in [1.29, 1.82) is 0 Å². The fraction of sp³-hybridized carbons (Fsp3) is 0.133. The molecule has 1 aromatic heterocycles. The minimum atomic E-state index is -0.277. The summed E-state index contributed by atoms with van der Waals surface area (Å²) in [7, 11) is 0. The van der Waals surface area contributed by atoms with Crippen LogP contribution < -0.4 is 5.73 Å². The van der Waals surface area contributed by atoms with Crippen molar-refractivity contribution in [3.63, 3.8) is 0 Å². The molecule has 5 nitrogen and oxygen atoms in total. The Morgan fingerprint density at radius 3 is 2.70 bits per heavy atom. The van der Waals surface area contributed by atoms with E-state index in [2.05, 4.69) is 4.98 Å². The molecule has 1 aliphatic rings. The normalized spacial score (nSPS) is 14.3. The smallest absolute Gasteiger partial charge is 0.261 e. The zero-order chi connectivity index (χ0) is 14.1. The van der Waals surface area contributed by atoms with Crippen LogP contribution in [0.2, 0.25) is 0 Å². The molecule has 5 heteroatoms. The summed E-state index contributed by atoms with van der Waals surface area (Å²) in [6, 6.07) is 12.3. The lowest BCUT2D eigenvalue weighted by molar-refractivity contribution is -0.128. The second kappa shape index (κ2) is 4.77. The number of benzene rings is 1. The Labute approximate surface area is 116 Å². The summed E-state index contributed by atoms with van der Waals surface area (Å²) in [5.41, 5.74) is 7.57. The van der Waals surface area contributed by atoms with Gasteiger partial charge in [0.25, 0.3) is 5.91 Å². The van der Waals surface area contributed by atoms with Gasteiger partial charge in [0, 0.05) is 5.56 Å². The number of anilines is 1. The number of hydrogen-bond acceptors (Lipinski definition) is 4. The van der Waals surface area contributed by atoms with Crippen LogP contribution in [0.1, 0.15) is 21.6 Å². The maximum Gasteiger partial charge on any atom is 0.261 e. The summed E-state index contributed by atoms with van der Waals surface area (Å²) in [6.45, 7) is 0.150. The van der Waals surface area contributed by atoms with Gasteiger partial charge in [-0.2, -0.15) is 0 Å². The number of rotatable bonds is 2. The van der Waals surface area contributed by atoms with Crippen molar-refractivity contribution in [2.45, 2.75) is 13.0 Å². The molecule has 0 unspecified atom stereocenters. The van der Waals surface area contributed by atoms with Gasteiger partial charge in [-0.3, -0.25) is 14.5 Å². The van der Waals surface area contributed by atoms with Gasteiger partial charge in [-0.15, -0.1) is 0 Å². The number of carbonyl (C=O) groups excluding carboxylic acids is 2. The molecule has 1 aliphatic heterocycles. The first-order valence-corrected chi connectivity index (χ1v) is 6.29. The number of pyridine rings is 1. The van der Waals surface area contributed by atoms with Gasteiger partial charge < -0.3 is 5.73 Å². The standard InChI is InChI=1S/C15H13N3O2/c16-13-7-3-5-11(17-13)9-18-14(19)8-10-4-1-2-6-12(10)15(18)20/h1-7H,8-9H2,(H2,16,17). The zero-order valence-electron chi connectivity index (χ0n) is 10.7. The molecule has 0 saturated heterocycles. The largest absolute Gasteiger partial charge is 0.384 e. The Morgan fingerprint density at radius 2 is 1.90 bits per heavy atom. The van der Waals surface area contributed by atoms with Gasteiger partial charge in [0.15, 0.2) is 0 Å². The van der Waals surface area contributed by atoms with Crippen LogP contribution in [0.15, 0.2) is 42.5 Å². The number of nitrogens with two attached hydrogens (primary N) is 1. The van der Waals surface area contributed by atoms with E-state index < -0.39 is 0 Å². The topological polar surface area (TPSA) is 76.3 Å². The predicted molar refractivity (Wildman–Crippen MR) is 73.7 cm³/mol. The van der Waals surface area contributed by atoms with E-state index in [1.165, 1.54) is 4.90 Å². The first-order valence-electron chi connectivity index (χ1n) is 6.29. The third-order valence-corrected chi connectivity index (χ3v) is 3.28. The minimum Gasteiger partial charge on any atom is -0.384 e. The molecule has 2 N–H and O–H groups in total. The molecule has 0 bridgehead atoms. The average Bonchev–Trinajstić information content (AvgIpc) is 2.43. The lowest BCUT2D eigenvalue weighted by atomic mass is 9.98. The molecular weight excluding hydrogens is 254 g/mol. The summed E-state index contributed by atoms with van der Waals surface area (Å²) in [5, 5.41) is 0. The van der Waals surface area contributed by atoms with Crippen molar-refractivity contribution in [2.24, 2.45) is 0 Å². The fourth-order valence-electron chi connectivity index (χ4n) is 2.31. The third kappa shape index (κ3) is 2.14. The third-order valence-electron chi connectivity index (χ3n) is 3.28. The summed E-state index contributed by atoms with van der Waals surface area (Å²) < 4.78 is 0. The zero-order valence-corrected chi connectivity index (χ0v) is 10.7. The predicted octanol–water partition coefficient (Wildman–Crippen LogP) is 1.39. The van der Waals surface area contributed by atoms with Crippen LogP contribution in [-0.4, -0.2) is 21.7 Å². The number of imide groups is 1. The van der Waals surface area contributed by atoms with Crippen LogP contribution in [0.25, 0.3) is 0 Å². The fourth-order valence-corrected chi connectivity index (χ4v) is 2.31. The molecule has 2 amide bonds. The highest BCUT2D eigenvalue weighted by Crippen LogP contribution is 2.21. The van der Waals surface area contributed by atoms with E-state index in [-0.39, 0.29) is 24.8 Å².